The Bertz CT molecular complexity index is 1650. The molecule has 1 spiro atoms. The van der Waals surface area contributed by atoms with Gasteiger partial charge in [0.25, 0.3) is 11.8 Å². The number of amides is 2. The number of halogens is 1. The smallest absolute Gasteiger partial charge is 0.410 e. The van der Waals surface area contributed by atoms with Crippen molar-refractivity contribution in [3.63, 3.8) is 0 Å². The number of likely N-dealkylation sites (tertiary alicyclic amines) is 1. The fourth-order valence-electron chi connectivity index (χ4n) is 7.40. The van der Waals surface area contributed by atoms with Crippen molar-refractivity contribution in [2.24, 2.45) is 11.3 Å². The summed E-state index contributed by atoms with van der Waals surface area (Å²) in [6.45, 7) is 18.7. The van der Waals surface area contributed by atoms with Gasteiger partial charge in [-0.05, 0) is 83.6 Å². The predicted octanol–water partition coefficient (Wildman–Crippen LogP) is 7.04. The summed E-state index contributed by atoms with van der Waals surface area (Å²) in [7, 11) is 1.82. The zero-order chi connectivity index (χ0) is 36.9. The molecule has 2 amide bonds. The minimum Gasteiger partial charge on any atom is -0.445 e. The van der Waals surface area contributed by atoms with Crippen LogP contribution in [0, 0.1) is 17.2 Å². The van der Waals surface area contributed by atoms with Gasteiger partial charge in [-0.15, -0.1) is 10.2 Å². The number of anilines is 1. The van der Waals surface area contributed by atoms with Crippen molar-refractivity contribution in [1.82, 2.24) is 29.9 Å². The first-order chi connectivity index (χ1) is 24.2. The SMILES string of the molecule is CCN(C(=O)c1cc(F)ccc1Oc1nncnc1N1CCC2(C1)CN([C@H](CCC(C)(C)N(C)C(=O)OCc1ccccc1)C(C)C)C2)C(C)C. The van der Waals surface area contributed by atoms with Crippen molar-refractivity contribution in [3.8, 4) is 11.6 Å². The Morgan fingerprint density at radius 3 is 2.45 bits per heavy atom. The van der Waals surface area contributed by atoms with Crippen LogP contribution in [-0.4, -0.2) is 99.3 Å². The summed E-state index contributed by atoms with van der Waals surface area (Å²) in [6.07, 6.45) is 3.89. The van der Waals surface area contributed by atoms with Crippen LogP contribution < -0.4 is 9.64 Å². The lowest BCUT2D eigenvalue weighted by molar-refractivity contribution is -0.0377. The van der Waals surface area contributed by atoms with E-state index in [1.807, 2.05) is 58.2 Å². The van der Waals surface area contributed by atoms with Gasteiger partial charge in [0.2, 0.25) is 0 Å². The number of nitrogens with zero attached hydrogens (tertiary/aromatic N) is 7. The highest BCUT2D eigenvalue weighted by atomic mass is 19.1. The second kappa shape index (κ2) is 15.9. The lowest BCUT2D eigenvalue weighted by atomic mass is 9.76. The van der Waals surface area contributed by atoms with Crippen LogP contribution >= 0.6 is 0 Å². The van der Waals surface area contributed by atoms with Crippen molar-refractivity contribution in [1.29, 1.82) is 0 Å². The quantitative estimate of drug-likeness (QED) is 0.175. The second-order valence-electron chi connectivity index (χ2n) is 15.4. The van der Waals surface area contributed by atoms with E-state index in [0.717, 1.165) is 51.0 Å². The van der Waals surface area contributed by atoms with E-state index < -0.39 is 5.82 Å². The molecule has 2 aliphatic rings. The predicted molar refractivity (Wildman–Crippen MR) is 195 cm³/mol. The summed E-state index contributed by atoms with van der Waals surface area (Å²) in [5.74, 6) is 0.578. The molecule has 1 atom stereocenters. The third-order valence-corrected chi connectivity index (χ3v) is 10.7. The molecule has 2 aromatic carbocycles. The molecule has 51 heavy (non-hydrogen) atoms. The molecule has 276 valence electrons. The molecule has 0 bridgehead atoms. The molecule has 12 heteroatoms. The fraction of sp³-hybridized carbons (Fsp3) is 0.564. The highest BCUT2D eigenvalue weighted by Gasteiger charge is 2.50. The Kier molecular flexibility index (Phi) is 11.8. The minimum absolute atomic E-state index is 0.0627. The average Bonchev–Trinajstić information content (AvgIpc) is 3.54. The number of ether oxygens (including phenoxy) is 2. The second-order valence-corrected chi connectivity index (χ2v) is 15.4. The van der Waals surface area contributed by atoms with Crippen LogP contribution in [0.25, 0.3) is 0 Å². The standard InChI is InChI=1S/C39H54FN7O4/c1-9-47(28(4)5)36(48)31-21-30(40)15-16-33(31)51-35-34(41-26-42-43-35)45-20-19-39(23-45)24-46(25-39)32(27(2)3)17-18-38(6,7)44(8)37(49)50-22-29-13-11-10-12-14-29/h10-16,21,26-28,32H,9,17-20,22-25H2,1-8H3/t32-/m1/s1. The van der Waals surface area contributed by atoms with Gasteiger partial charge >= 0.3 is 6.09 Å². The molecule has 3 aromatic rings. The lowest BCUT2D eigenvalue weighted by Crippen LogP contribution is -2.62. The Hall–Kier alpha value is -4.32. The number of carbonyl (C=O) groups excluding carboxylic acids is 2. The highest BCUT2D eigenvalue weighted by molar-refractivity contribution is 5.97. The molecule has 11 nitrogen and oxygen atoms in total. The van der Waals surface area contributed by atoms with Gasteiger partial charge in [-0.25, -0.2) is 14.2 Å². The van der Waals surface area contributed by atoms with Crippen LogP contribution in [-0.2, 0) is 11.3 Å². The van der Waals surface area contributed by atoms with E-state index in [0.29, 0.717) is 24.3 Å². The number of hydrogen-bond acceptors (Lipinski definition) is 9. The molecule has 0 N–H and O–H groups in total. The first-order valence-corrected chi connectivity index (χ1v) is 18.1. The van der Waals surface area contributed by atoms with Gasteiger partial charge in [-0.1, -0.05) is 44.2 Å². The van der Waals surface area contributed by atoms with Crippen LogP contribution in [0.2, 0.25) is 0 Å². The average molecular weight is 704 g/mol. The van der Waals surface area contributed by atoms with Gasteiger partial charge in [-0.3, -0.25) is 9.69 Å². The summed E-state index contributed by atoms with van der Waals surface area (Å²) in [5, 5.41) is 8.23. The van der Waals surface area contributed by atoms with E-state index in [1.54, 1.807) is 9.80 Å². The van der Waals surface area contributed by atoms with E-state index >= 15 is 0 Å². The first-order valence-electron chi connectivity index (χ1n) is 18.1. The number of aromatic nitrogens is 3. The van der Waals surface area contributed by atoms with Gasteiger partial charge in [0.05, 0.1) is 5.56 Å². The Morgan fingerprint density at radius 1 is 1.06 bits per heavy atom. The van der Waals surface area contributed by atoms with Gasteiger partial charge in [-0.2, -0.15) is 0 Å². The minimum atomic E-state index is -0.518. The zero-order valence-corrected chi connectivity index (χ0v) is 31.4. The fourth-order valence-corrected chi connectivity index (χ4v) is 7.40. The largest absolute Gasteiger partial charge is 0.445 e. The molecule has 2 fully saturated rings. The summed E-state index contributed by atoms with van der Waals surface area (Å²) >= 11 is 0. The monoisotopic (exact) mass is 703 g/mol. The maximum atomic E-state index is 14.4. The molecule has 0 radical (unpaired) electrons. The van der Waals surface area contributed by atoms with E-state index in [9.17, 15) is 14.0 Å². The van der Waals surface area contributed by atoms with Gasteiger partial charge in [0.15, 0.2) is 5.82 Å². The van der Waals surface area contributed by atoms with Crippen molar-refractivity contribution in [3.05, 3.63) is 71.8 Å². The summed E-state index contributed by atoms with van der Waals surface area (Å²) in [5.41, 5.74) is 0.835. The molecule has 2 aliphatic heterocycles. The number of benzene rings is 2. The van der Waals surface area contributed by atoms with Crippen LogP contribution in [0.5, 0.6) is 11.6 Å². The summed E-state index contributed by atoms with van der Waals surface area (Å²) < 4.78 is 26.2. The van der Waals surface area contributed by atoms with Crippen molar-refractivity contribution < 1.29 is 23.5 Å². The van der Waals surface area contributed by atoms with Crippen molar-refractivity contribution in [2.45, 2.75) is 92.0 Å². The van der Waals surface area contributed by atoms with E-state index in [-0.39, 0.29) is 52.8 Å². The maximum Gasteiger partial charge on any atom is 0.410 e. The van der Waals surface area contributed by atoms with Crippen LogP contribution in [0.3, 0.4) is 0 Å². The maximum absolute atomic E-state index is 14.4. The first kappa shape index (κ1) is 37.9. The van der Waals surface area contributed by atoms with Gasteiger partial charge in [0.1, 0.15) is 24.5 Å². The van der Waals surface area contributed by atoms with Gasteiger partial charge in [0, 0.05) is 62.8 Å². The Morgan fingerprint density at radius 2 is 1.78 bits per heavy atom. The molecule has 0 saturated carbocycles. The van der Waals surface area contributed by atoms with Crippen LogP contribution in [0.4, 0.5) is 15.0 Å². The van der Waals surface area contributed by atoms with E-state index in [2.05, 4.69) is 52.7 Å². The van der Waals surface area contributed by atoms with Crippen LogP contribution in [0.1, 0.15) is 83.7 Å². The molecule has 2 saturated heterocycles. The number of carbonyl (C=O) groups is 2. The zero-order valence-electron chi connectivity index (χ0n) is 31.4. The van der Waals surface area contributed by atoms with Crippen molar-refractivity contribution >= 4 is 17.8 Å². The molecular weight excluding hydrogens is 649 g/mol. The third-order valence-electron chi connectivity index (χ3n) is 10.7. The molecule has 0 unspecified atom stereocenters. The third kappa shape index (κ3) is 8.77. The van der Waals surface area contributed by atoms with Crippen molar-refractivity contribution in [2.75, 3.05) is 44.7 Å². The van der Waals surface area contributed by atoms with Gasteiger partial charge < -0.3 is 24.2 Å². The number of rotatable bonds is 14. The molecular formula is C39H54FN7O4. The van der Waals surface area contributed by atoms with Crippen LogP contribution in [0.15, 0.2) is 54.9 Å². The molecule has 5 rings (SSSR count). The molecule has 0 aliphatic carbocycles. The van der Waals surface area contributed by atoms with E-state index in [4.69, 9.17) is 9.47 Å². The highest BCUT2D eigenvalue weighted by Crippen LogP contribution is 2.45. The van der Waals surface area contributed by atoms with E-state index in [1.165, 1.54) is 24.5 Å². The summed E-state index contributed by atoms with van der Waals surface area (Å²) in [6, 6.07) is 14.0. The number of hydrogen-bond donors (Lipinski definition) is 0. The topological polar surface area (TPSA) is 104 Å². The molecule has 1 aromatic heterocycles. The molecule has 3 heterocycles. The summed E-state index contributed by atoms with van der Waals surface area (Å²) in [4.78, 5) is 39.1. The Balaban J connectivity index is 1.20. The lowest BCUT2D eigenvalue weighted by Gasteiger charge is -2.53. The Labute approximate surface area is 302 Å². The normalized spacial score (nSPS) is 16.3.